The van der Waals surface area contributed by atoms with Crippen molar-refractivity contribution in [2.45, 2.75) is 0 Å². The second-order valence-corrected chi connectivity index (χ2v) is 5.80. The number of morpholine rings is 1. The second-order valence-electron chi connectivity index (χ2n) is 5.80. The molecule has 1 aliphatic rings. The smallest absolute Gasteiger partial charge is 0.260 e. The summed E-state index contributed by atoms with van der Waals surface area (Å²) < 4.78 is 5.34. The highest BCUT2D eigenvalue weighted by atomic mass is 16.5. The molecule has 0 radical (unpaired) electrons. The van der Waals surface area contributed by atoms with E-state index in [1.807, 2.05) is 0 Å². The molecule has 0 atom stereocenters. The predicted molar refractivity (Wildman–Crippen MR) is 92.2 cm³/mol. The maximum absolute atomic E-state index is 12.0. The molecule has 5 N–H and O–H groups in total. The molecule has 1 fully saturated rings. The van der Waals surface area contributed by atoms with E-state index < -0.39 is 0 Å². The highest BCUT2D eigenvalue weighted by Gasteiger charge is 2.11. The van der Waals surface area contributed by atoms with E-state index in [-0.39, 0.29) is 11.5 Å². The van der Waals surface area contributed by atoms with E-state index in [1.54, 1.807) is 12.1 Å². The van der Waals surface area contributed by atoms with Crippen LogP contribution < -0.4 is 16.6 Å². The van der Waals surface area contributed by atoms with Gasteiger partial charge < -0.3 is 20.8 Å². The van der Waals surface area contributed by atoms with Gasteiger partial charge in [0.15, 0.2) is 0 Å². The number of rotatable bonds is 4. The van der Waals surface area contributed by atoms with E-state index in [1.165, 1.54) is 0 Å². The number of H-pyrrole nitrogens is 2. The van der Waals surface area contributed by atoms with E-state index in [4.69, 9.17) is 10.5 Å². The summed E-state index contributed by atoms with van der Waals surface area (Å²) in [6, 6.07) is 3.51. The maximum atomic E-state index is 12.0. The van der Waals surface area contributed by atoms with Crippen LogP contribution in [-0.2, 0) is 4.74 Å². The van der Waals surface area contributed by atoms with Crippen molar-refractivity contribution in [1.82, 2.24) is 24.8 Å². The molecule has 9 heteroatoms. The molecule has 3 aromatic rings. The molecule has 4 rings (SSSR count). The lowest BCUT2D eigenvalue weighted by molar-refractivity contribution is 0.0398. The maximum Gasteiger partial charge on any atom is 0.260 e. The third-order valence-corrected chi connectivity index (χ3v) is 4.15. The highest BCUT2D eigenvalue weighted by molar-refractivity contribution is 5.93. The van der Waals surface area contributed by atoms with Crippen molar-refractivity contribution in [2.75, 3.05) is 50.4 Å². The Kier molecular flexibility index (Phi) is 3.79. The number of hydrogen-bond donors (Lipinski definition) is 4. The topological polar surface area (TPSA) is 125 Å². The summed E-state index contributed by atoms with van der Waals surface area (Å²) in [4.78, 5) is 28.6. The average molecular weight is 329 g/mol. The fourth-order valence-corrected chi connectivity index (χ4v) is 2.90. The number of hydrogen-bond acceptors (Lipinski definition) is 7. The Morgan fingerprint density at radius 1 is 1.21 bits per heavy atom. The van der Waals surface area contributed by atoms with Crippen molar-refractivity contribution in [1.29, 1.82) is 0 Å². The summed E-state index contributed by atoms with van der Waals surface area (Å²) in [7, 11) is 0. The Bertz CT molecular complexity index is 927. The molecule has 0 saturated carbocycles. The van der Waals surface area contributed by atoms with Crippen molar-refractivity contribution in [3.05, 3.63) is 22.5 Å². The summed E-state index contributed by atoms with van der Waals surface area (Å²) in [5, 5.41) is 3.76. The Morgan fingerprint density at radius 3 is 2.88 bits per heavy atom. The number of fused-ring (bicyclic) bond motifs is 2. The lowest BCUT2D eigenvalue weighted by atomic mass is 10.2. The number of benzene rings is 1. The molecule has 3 heterocycles. The fourth-order valence-electron chi connectivity index (χ4n) is 2.90. The number of nitrogens with one attached hydrogen (secondary N) is 3. The third-order valence-electron chi connectivity index (χ3n) is 4.15. The van der Waals surface area contributed by atoms with Gasteiger partial charge in [-0.2, -0.15) is 0 Å². The molecular weight excluding hydrogens is 310 g/mol. The number of nitrogens with zero attached hydrogens (tertiary/aromatic N) is 3. The molecule has 1 aromatic carbocycles. The largest absolute Gasteiger partial charge is 0.379 e. The summed E-state index contributed by atoms with van der Waals surface area (Å²) in [5.41, 5.74) is 7.41. The Hall–Kier alpha value is -2.65. The predicted octanol–water partition coefficient (Wildman–Crippen LogP) is 0.126. The second kappa shape index (κ2) is 6.10. The molecule has 9 nitrogen and oxygen atoms in total. The molecule has 2 aromatic heterocycles. The van der Waals surface area contributed by atoms with Crippen molar-refractivity contribution in [2.24, 2.45) is 0 Å². The number of nitrogens with two attached hydrogens (primary N) is 1. The standard InChI is InChI=1S/C15H19N7O2/c16-14-18-10-8-12-11(7-9(10)13(23)21-14)19-15(20-12)17-1-2-22-3-5-24-6-4-22/h7-8H,1-6H2,(H2,17,19,20)(H3,16,18,21,23). The van der Waals surface area contributed by atoms with Crippen LogP contribution in [0.3, 0.4) is 0 Å². The Balaban J connectivity index is 1.53. The van der Waals surface area contributed by atoms with Gasteiger partial charge in [0.2, 0.25) is 11.9 Å². The number of nitrogen functional groups attached to an aromatic ring is 1. The van der Waals surface area contributed by atoms with Gasteiger partial charge in [0.25, 0.3) is 5.56 Å². The van der Waals surface area contributed by atoms with Crippen LogP contribution in [0, 0.1) is 0 Å². The minimum Gasteiger partial charge on any atom is -0.379 e. The van der Waals surface area contributed by atoms with E-state index in [0.29, 0.717) is 22.4 Å². The Labute approximate surface area is 137 Å². The van der Waals surface area contributed by atoms with Gasteiger partial charge in [-0.25, -0.2) is 9.97 Å². The lowest BCUT2D eigenvalue weighted by Gasteiger charge is -2.26. The third kappa shape index (κ3) is 2.91. The summed E-state index contributed by atoms with van der Waals surface area (Å²) in [6.45, 7) is 5.22. The minimum absolute atomic E-state index is 0.107. The van der Waals surface area contributed by atoms with E-state index in [2.05, 4.69) is 30.2 Å². The SMILES string of the molecule is Nc1nc2cc3[nH]c(NCCN4CCOCC4)nc3cc2c(=O)[nH]1. The molecule has 0 amide bonds. The zero-order chi connectivity index (χ0) is 16.5. The minimum atomic E-state index is -0.260. The zero-order valence-electron chi connectivity index (χ0n) is 13.1. The van der Waals surface area contributed by atoms with Crippen LogP contribution >= 0.6 is 0 Å². The highest BCUT2D eigenvalue weighted by Crippen LogP contribution is 2.19. The van der Waals surface area contributed by atoms with Crippen molar-refractivity contribution >= 4 is 33.8 Å². The van der Waals surface area contributed by atoms with Gasteiger partial charge in [0.1, 0.15) is 0 Å². The molecule has 0 unspecified atom stereocenters. The summed E-state index contributed by atoms with van der Waals surface area (Å²) in [5.74, 6) is 0.785. The molecule has 1 aliphatic heterocycles. The summed E-state index contributed by atoms with van der Waals surface area (Å²) in [6.07, 6.45) is 0. The van der Waals surface area contributed by atoms with E-state index >= 15 is 0 Å². The van der Waals surface area contributed by atoms with E-state index in [9.17, 15) is 4.79 Å². The monoisotopic (exact) mass is 329 g/mol. The van der Waals surface area contributed by atoms with Crippen LogP contribution in [0.25, 0.3) is 21.9 Å². The molecule has 0 aliphatic carbocycles. The van der Waals surface area contributed by atoms with Crippen LogP contribution in [0.4, 0.5) is 11.9 Å². The van der Waals surface area contributed by atoms with Gasteiger partial charge in [-0.15, -0.1) is 0 Å². The fraction of sp³-hybridized carbons (Fsp3) is 0.400. The number of aromatic amines is 2. The van der Waals surface area contributed by atoms with Gasteiger partial charge >= 0.3 is 0 Å². The first-order valence-corrected chi connectivity index (χ1v) is 7.92. The van der Waals surface area contributed by atoms with Gasteiger partial charge in [0.05, 0.1) is 35.2 Å². The van der Waals surface area contributed by atoms with Crippen molar-refractivity contribution in [3.63, 3.8) is 0 Å². The molecular formula is C15H19N7O2. The normalized spacial score (nSPS) is 16.0. The molecule has 126 valence electrons. The molecule has 24 heavy (non-hydrogen) atoms. The molecule has 1 saturated heterocycles. The average Bonchev–Trinajstić information content (AvgIpc) is 2.96. The molecule has 0 bridgehead atoms. The number of aromatic nitrogens is 4. The van der Waals surface area contributed by atoms with Gasteiger partial charge in [0, 0.05) is 26.2 Å². The van der Waals surface area contributed by atoms with Crippen LogP contribution in [0.1, 0.15) is 0 Å². The van der Waals surface area contributed by atoms with Crippen LogP contribution in [0.5, 0.6) is 0 Å². The van der Waals surface area contributed by atoms with E-state index in [0.717, 1.165) is 44.9 Å². The molecule has 0 spiro atoms. The Morgan fingerprint density at radius 2 is 2.04 bits per heavy atom. The number of imidazole rings is 1. The van der Waals surface area contributed by atoms with Gasteiger partial charge in [-0.3, -0.25) is 14.7 Å². The lowest BCUT2D eigenvalue weighted by Crippen LogP contribution is -2.39. The van der Waals surface area contributed by atoms with Crippen LogP contribution in [0.15, 0.2) is 16.9 Å². The first-order chi connectivity index (χ1) is 11.7. The number of ether oxygens (including phenoxy) is 1. The van der Waals surface area contributed by atoms with Gasteiger partial charge in [-0.1, -0.05) is 0 Å². The number of anilines is 2. The van der Waals surface area contributed by atoms with Crippen molar-refractivity contribution < 1.29 is 4.74 Å². The first kappa shape index (κ1) is 14.9. The quantitative estimate of drug-likeness (QED) is 0.536. The van der Waals surface area contributed by atoms with Crippen LogP contribution in [0.2, 0.25) is 0 Å². The first-order valence-electron chi connectivity index (χ1n) is 7.92. The zero-order valence-corrected chi connectivity index (χ0v) is 13.1. The van der Waals surface area contributed by atoms with Gasteiger partial charge in [-0.05, 0) is 12.1 Å². The summed E-state index contributed by atoms with van der Waals surface area (Å²) >= 11 is 0. The van der Waals surface area contributed by atoms with Crippen LogP contribution in [-0.4, -0.2) is 64.2 Å². The van der Waals surface area contributed by atoms with Crippen molar-refractivity contribution in [3.8, 4) is 0 Å².